The molecule has 4 heteroatoms. The quantitative estimate of drug-likeness (QED) is 0.548. The van der Waals surface area contributed by atoms with E-state index in [1.807, 2.05) is 0 Å². The van der Waals surface area contributed by atoms with Gasteiger partial charge in [0, 0.05) is 11.8 Å². The van der Waals surface area contributed by atoms with E-state index in [0.29, 0.717) is 11.8 Å². The van der Waals surface area contributed by atoms with Crippen molar-refractivity contribution in [1.29, 1.82) is 0 Å². The molecule has 1 rings (SSSR count). The first kappa shape index (κ1) is 11.4. The van der Waals surface area contributed by atoms with E-state index in [1.54, 1.807) is 20.8 Å². The first-order valence-electron chi connectivity index (χ1n) is 4.57. The molecule has 80 valence electrons. The number of aromatic nitrogens is 1. The Morgan fingerprint density at radius 2 is 2.13 bits per heavy atom. The zero-order valence-corrected chi connectivity index (χ0v) is 8.98. The van der Waals surface area contributed by atoms with Gasteiger partial charge in [-0.05, 0) is 32.9 Å². The summed E-state index contributed by atoms with van der Waals surface area (Å²) in [7, 11) is 0. The van der Waals surface area contributed by atoms with E-state index in [9.17, 15) is 9.59 Å². The first-order chi connectivity index (χ1) is 6.92. The smallest absolute Gasteiger partial charge is 0.357 e. The lowest BCUT2D eigenvalue weighted by molar-refractivity contribution is 0.00628. The number of hydrogen-bond donors (Lipinski definition) is 0. The molecule has 15 heavy (non-hydrogen) atoms. The highest BCUT2D eigenvalue weighted by atomic mass is 16.6. The summed E-state index contributed by atoms with van der Waals surface area (Å²) in [6.07, 6.45) is 2.07. The van der Waals surface area contributed by atoms with Crippen LogP contribution in [0.15, 0.2) is 18.3 Å². The third-order valence-corrected chi connectivity index (χ3v) is 1.53. The second kappa shape index (κ2) is 4.21. The molecule has 0 atom stereocenters. The predicted octanol–water partition coefficient (Wildman–Crippen LogP) is 1.85. The summed E-state index contributed by atoms with van der Waals surface area (Å²) in [5.74, 6) is -0.522. The SMILES string of the molecule is CC(C)(C)OC(=O)c1cc(C=O)ccn1. The minimum atomic E-state index is -0.560. The highest BCUT2D eigenvalue weighted by Gasteiger charge is 2.18. The highest BCUT2D eigenvalue weighted by molar-refractivity contribution is 5.89. The molecular formula is C11H13NO3. The maximum absolute atomic E-state index is 11.5. The van der Waals surface area contributed by atoms with Gasteiger partial charge in [0.2, 0.25) is 0 Å². The molecule has 0 aliphatic rings. The number of carbonyl (C=O) groups is 2. The van der Waals surface area contributed by atoms with Crippen LogP contribution in [0, 0.1) is 0 Å². The number of pyridine rings is 1. The maximum Gasteiger partial charge on any atom is 0.357 e. The summed E-state index contributed by atoms with van der Waals surface area (Å²) >= 11 is 0. The Morgan fingerprint density at radius 1 is 1.47 bits per heavy atom. The van der Waals surface area contributed by atoms with E-state index < -0.39 is 11.6 Å². The van der Waals surface area contributed by atoms with Gasteiger partial charge in [0.05, 0.1) is 0 Å². The molecule has 0 N–H and O–H groups in total. The van der Waals surface area contributed by atoms with Gasteiger partial charge in [-0.3, -0.25) is 4.79 Å². The Bertz CT molecular complexity index is 380. The zero-order chi connectivity index (χ0) is 11.5. The van der Waals surface area contributed by atoms with E-state index in [-0.39, 0.29) is 5.69 Å². The van der Waals surface area contributed by atoms with E-state index in [0.717, 1.165) is 0 Å². The molecule has 1 aromatic heterocycles. The number of carbonyl (C=O) groups excluding carboxylic acids is 2. The Morgan fingerprint density at radius 3 is 2.67 bits per heavy atom. The van der Waals surface area contributed by atoms with Crippen LogP contribution in [-0.4, -0.2) is 22.8 Å². The van der Waals surface area contributed by atoms with Crippen LogP contribution in [0.1, 0.15) is 41.6 Å². The van der Waals surface area contributed by atoms with Crippen LogP contribution in [0.5, 0.6) is 0 Å². The minimum Gasteiger partial charge on any atom is -0.455 e. The summed E-state index contributed by atoms with van der Waals surface area (Å²) in [5.41, 5.74) is -0.00367. The maximum atomic E-state index is 11.5. The summed E-state index contributed by atoms with van der Waals surface area (Å²) in [4.78, 5) is 25.9. The molecule has 1 aromatic rings. The van der Waals surface area contributed by atoms with Gasteiger partial charge in [-0.15, -0.1) is 0 Å². The number of hydrogen-bond acceptors (Lipinski definition) is 4. The molecule has 4 nitrogen and oxygen atoms in total. The zero-order valence-electron chi connectivity index (χ0n) is 8.98. The van der Waals surface area contributed by atoms with Crippen LogP contribution in [0.4, 0.5) is 0 Å². The van der Waals surface area contributed by atoms with Gasteiger partial charge in [-0.2, -0.15) is 0 Å². The Labute approximate surface area is 88.3 Å². The fourth-order valence-electron chi connectivity index (χ4n) is 0.962. The van der Waals surface area contributed by atoms with E-state index in [4.69, 9.17) is 4.74 Å². The Kier molecular flexibility index (Phi) is 3.19. The topological polar surface area (TPSA) is 56.3 Å². The van der Waals surface area contributed by atoms with Crippen molar-refractivity contribution in [2.24, 2.45) is 0 Å². The van der Waals surface area contributed by atoms with Crippen molar-refractivity contribution in [2.45, 2.75) is 26.4 Å². The van der Waals surface area contributed by atoms with E-state index in [2.05, 4.69) is 4.98 Å². The van der Waals surface area contributed by atoms with Gasteiger partial charge < -0.3 is 4.74 Å². The molecule has 0 bridgehead atoms. The van der Waals surface area contributed by atoms with Gasteiger partial charge in [0.15, 0.2) is 0 Å². The molecular weight excluding hydrogens is 194 g/mol. The summed E-state index contributed by atoms with van der Waals surface area (Å²) < 4.78 is 5.11. The molecule has 0 spiro atoms. The van der Waals surface area contributed by atoms with Crippen molar-refractivity contribution in [3.05, 3.63) is 29.6 Å². The number of esters is 1. The highest BCUT2D eigenvalue weighted by Crippen LogP contribution is 2.11. The normalized spacial score (nSPS) is 10.9. The fourth-order valence-corrected chi connectivity index (χ4v) is 0.962. The second-order valence-corrected chi connectivity index (χ2v) is 4.09. The fraction of sp³-hybridized carbons (Fsp3) is 0.364. The van der Waals surface area contributed by atoms with Crippen LogP contribution >= 0.6 is 0 Å². The van der Waals surface area contributed by atoms with Crippen molar-refractivity contribution >= 4 is 12.3 Å². The Hall–Kier alpha value is -1.71. The average molecular weight is 207 g/mol. The van der Waals surface area contributed by atoms with Gasteiger partial charge in [0.1, 0.15) is 17.6 Å². The first-order valence-corrected chi connectivity index (χ1v) is 4.57. The van der Waals surface area contributed by atoms with Crippen molar-refractivity contribution in [3.63, 3.8) is 0 Å². The number of aldehydes is 1. The standard InChI is InChI=1S/C11H13NO3/c1-11(2,3)15-10(14)9-6-8(7-13)4-5-12-9/h4-7H,1-3H3. The summed E-state index contributed by atoms with van der Waals surface area (Å²) in [5, 5.41) is 0. The third-order valence-electron chi connectivity index (χ3n) is 1.53. The van der Waals surface area contributed by atoms with Gasteiger partial charge >= 0.3 is 5.97 Å². The second-order valence-electron chi connectivity index (χ2n) is 4.09. The minimum absolute atomic E-state index is 0.148. The largest absolute Gasteiger partial charge is 0.455 e. The average Bonchev–Trinajstić information content (AvgIpc) is 2.15. The van der Waals surface area contributed by atoms with Crippen LogP contribution in [0.25, 0.3) is 0 Å². The molecule has 0 saturated carbocycles. The monoisotopic (exact) mass is 207 g/mol. The van der Waals surface area contributed by atoms with Crippen molar-refractivity contribution in [2.75, 3.05) is 0 Å². The van der Waals surface area contributed by atoms with E-state index in [1.165, 1.54) is 18.3 Å². The van der Waals surface area contributed by atoms with E-state index >= 15 is 0 Å². The molecule has 0 aromatic carbocycles. The molecule has 0 amide bonds. The molecule has 0 radical (unpaired) electrons. The van der Waals surface area contributed by atoms with Crippen molar-refractivity contribution < 1.29 is 14.3 Å². The molecule has 1 heterocycles. The van der Waals surface area contributed by atoms with Crippen LogP contribution in [-0.2, 0) is 4.74 Å². The lowest BCUT2D eigenvalue weighted by Gasteiger charge is -2.18. The summed E-state index contributed by atoms with van der Waals surface area (Å²) in [6.45, 7) is 5.32. The Balaban J connectivity index is 2.87. The van der Waals surface area contributed by atoms with Gasteiger partial charge in [0.25, 0.3) is 0 Å². The lowest BCUT2D eigenvalue weighted by Crippen LogP contribution is -2.24. The number of nitrogens with zero attached hydrogens (tertiary/aromatic N) is 1. The van der Waals surface area contributed by atoms with Crippen LogP contribution in [0.2, 0.25) is 0 Å². The third kappa shape index (κ3) is 3.50. The number of ether oxygens (including phenoxy) is 1. The number of rotatable bonds is 2. The molecule has 0 fully saturated rings. The molecule has 0 unspecified atom stereocenters. The van der Waals surface area contributed by atoms with Crippen molar-refractivity contribution in [3.8, 4) is 0 Å². The van der Waals surface area contributed by atoms with Crippen LogP contribution < -0.4 is 0 Å². The van der Waals surface area contributed by atoms with Crippen LogP contribution in [0.3, 0.4) is 0 Å². The molecule has 0 aliphatic heterocycles. The van der Waals surface area contributed by atoms with Crippen molar-refractivity contribution in [1.82, 2.24) is 4.98 Å². The molecule has 0 saturated heterocycles. The summed E-state index contributed by atoms with van der Waals surface area (Å²) in [6, 6.07) is 2.93. The molecule has 0 aliphatic carbocycles. The van der Waals surface area contributed by atoms with Gasteiger partial charge in [-0.25, -0.2) is 9.78 Å². The lowest BCUT2D eigenvalue weighted by atomic mass is 10.2. The van der Waals surface area contributed by atoms with Gasteiger partial charge in [-0.1, -0.05) is 0 Å². The predicted molar refractivity (Wildman–Crippen MR) is 54.8 cm³/mol.